The number of hydrogen-bond acceptors (Lipinski definition) is 8. The molecule has 160 valence electrons. The number of hydrogen-bond donors (Lipinski definition) is 0. The van der Waals surface area contributed by atoms with Gasteiger partial charge in [-0.2, -0.15) is 8.82 Å². The van der Waals surface area contributed by atoms with E-state index < -0.39 is 10.0 Å². The molecule has 0 atom stereocenters. The summed E-state index contributed by atoms with van der Waals surface area (Å²) in [6.45, 7) is 2.84. The van der Waals surface area contributed by atoms with Crippen molar-refractivity contribution in [2.24, 2.45) is 7.05 Å². The van der Waals surface area contributed by atoms with E-state index in [2.05, 4.69) is 25.3 Å². The average molecular weight is 440 g/mol. The molecule has 1 aliphatic rings. The first-order valence-electron chi connectivity index (χ1n) is 9.70. The van der Waals surface area contributed by atoms with Crippen molar-refractivity contribution in [3.8, 4) is 11.4 Å². The van der Waals surface area contributed by atoms with Crippen LogP contribution in [0.25, 0.3) is 17.0 Å². The van der Waals surface area contributed by atoms with E-state index in [1.165, 1.54) is 4.31 Å². The number of aromatic nitrogens is 7. The lowest BCUT2D eigenvalue weighted by molar-refractivity contribution is 0.308. The molecular weight excluding hydrogens is 418 g/mol. The number of imidazole rings is 1. The van der Waals surface area contributed by atoms with Crippen molar-refractivity contribution in [3.63, 3.8) is 0 Å². The van der Waals surface area contributed by atoms with Crippen LogP contribution in [-0.4, -0.2) is 73.2 Å². The lowest BCUT2D eigenvalue weighted by atomic mass is 10.1. The Balaban J connectivity index is 1.35. The maximum Gasteiger partial charge on any atom is 0.262 e. The lowest BCUT2D eigenvalue weighted by Crippen LogP contribution is -2.60. The lowest BCUT2D eigenvalue weighted by Gasteiger charge is -2.43. The smallest absolute Gasteiger partial charge is 0.262 e. The SMILES string of the molecule is Cc1nc(S(=O)(=O)N(C)C2CN(c3ccc4nnc(-c5cccnc5)n4n3)C2)cn1C. The second-order valence-corrected chi connectivity index (χ2v) is 9.49. The minimum atomic E-state index is -3.65. The van der Waals surface area contributed by atoms with Crippen LogP contribution < -0.4 is 4.90 Å². The van der Waals surface area contributed by atoms with Crippen molar-refractivity contribution in [3.05, 3.63) is 48.7 Å². The highest BCUT2D eigenvalue weighted by Crippen LogP contribution is 2.26. The first-order valence-corrected chi connectivity index (χ1v) is 11.1. The predicted octanol–water partition coefficient (Wildman–Crippen LogP) is 0.738. The molecule has 5 heterocycles. The van der Waals surface area contributed by atoms with Gasteiger partial charge < -0.3 is 9.47 Å². The molecule has 12 heteroatoms. The van der Waals surface area contributed by atoms with E-state index in [1.807, 2.05) is 29.2 Å². The molecule has 4 aromatic rings. The number of fused-ring (bicyclic) bond motifs is 1. The van der Waals surface area contributed by atoms with Gasteiger partial charge in [0.15, 0.2) is 16.5 Å². The normalized spacial score (nSPS) is 15.0. The van der Waals surface area contributed by atoms with Crippen LogP contribution >= 0.6 is 0 Å². The van der Waals surface area contributed by atoms with Crippen molar-refractivity contribution in [2.75, 3.05) is 25.0 Å². The minimum Gasteiger partial charge on any atom is -0.352 e. The fourth-order valence-electron chi connectivity index (χ4n) is 3.49. The third-order valence-electron chi connectivity index (χ3n) is 5.60. The van der Waals surface area contributed by atoms with Crippen molar-refractivity contribution in [1.29, 1.82) is 0 Å². The second kappa shape index (κ2) is 7.10. The maximum atomic E-state index is 12.9. The standard InChI is InChI=1S/C19H21N9O2S/c1-13-21-18(12-25(13)2)31(29,30)26(3)15-10-27(11-15)17-7-6-16-22-23-19(28(16)24-17)14-5-4-8-20-9-14/h4-9,12,15H,10-11H2,1-3H3. The summed E-state index contributed by atoms with van der Waals surface area (Å²) < 4.78 is 30.6. The van der Waals surface area contributed by atoms with Gasteiger partial charge in [0, 0.05) is 51.3 Å². The molecule has 11 nitrogen and oxygen atoms in total. The quantitative estimate of drug-likeness (QED) is 0.447. The summed E-state index contributed by atoms with van der Waals surface area (Å²) in [5, 5.41) is 13.1. The number of pyridine rings is 1. The van der Waals surface area contributed by atoms with Gasteiger partial charge in [0.05, 0.1) is 6.04 Å². The van der Waals surface area contributed by atoms with Crippen molar-refractivity contribution in [2.45, 2.75) is 18.0 Å². The Morgan fingerprint density at radius 1 is 1.16 bits per heavy atom. The Kier molecular flexibility index (Phi) is 4.48. The molecule has 0 spiro atoms. The van der Waals surface area contributed by atoms with Crippen LogP contribution in [0.1, 0.15) is 5.82 Å². The topological polar surface area (TPSA) is 114 Å². The van der Waals surface area contributed by atoms with Crippen LogP contribution in [0.4, 0.5) is 5.82 Å². The highest BCUT2D eigenvalue weighted by atomic mass is 32.2. The van der Waals surface area contributed by atoms with E-state index in [-0.39, 0.29) is 11.1 Å². The fourth-order valence-corrected chi connectivity index (χ4v) is 4.85. The Bertz CT molecular complexity index is 1340. The largest absolute Gasteiger partial charge is 0.352 e. The Hall–Kier alpha value is -3.38. The summed E-state index contributed by atoms with van der Waals surface area (Å²) in [6, 6.07) is 7.28. The predicted molar refractivity (Wildman–Crippen MR) is 113 cm³/mol. The summed E-state index contributed by atoms with van der Waals surface area (Å²) in [5.41, 5.74) is 1.45. The molecule has 1 fully saturated rings. The van der Waals surface area contributed by atoms with E-state index in [0.717, 1.165) is 11.4 Å². The second-order valence-electron chi connectivity index (χ2n) is 7.54. The van der Waals surface area contributed by atoms with Gasteiger partial charge in [-0.1, -0.05) is 0 Å². The summed E-state index contributed by atoms with van der Waals surface area (Å²) in [4.78, 5) is 10.3. The molecular formula is C19H21N9O2S. The number of sulfonamides is 1. The van der Waals surface area contributed by atoms with Gasteiger partial charge in [-0.3, -0.25) is 4.98 Å². The van der Waals surface area contributed by atoms with Crippen molar-refractivity contribution in [1.82, 2.24) is 38.7 Å². The van der Waals surface area contributed by atoms with E-state index >= 15 is 0 Å². The van der Waals surface area contributed by atoms with E-state index in [4.69, 9.17) is 0 Å². The molecule has 0 bridgehead atoms. The molecule has 31 heavy (non-hydrogen) atoms. The van der Waals surface area contributed by atoms with Gasteiger partial charge in [0.1, 0.15) is 11.6 Å². The third kappa shape index (κ3) is 3.24. The van der Waals surface area contributed by atoms with E-state index in [1.54, 1.807) is 48.7 Å². The Labute approximate surface area is 179 Å². The third-order valence-corrected chi connectivity index (χ3v) is 7.38. The molecule has 1 saturated heterocycles. The highest BCUT2D eigenvalue weighted by molar-refractivity contribution is 7.89. The van der Waals surface area contributed by atoms with Crippen LogP contribution in [0.5, 0.6) is 0 Å². The number of likely N-dealkylation sites (N-methyl/N-ethyl adjacent to an activating group) is 1. The van der Waals surface area contributed by atoms with Crippen LogP contribution in [0, 0.1) is 6.92 Å². The molecule has 1 aliphatic heterocycles. The molecule has 0 radical (unpaired) electrons. The van der Waals surface area contributed by atoms with Gasteiger partial charge in [-0.05, 0) is 31.2 Å². The van der Waals surface area contributed by atoms with E-state index in [9.17, 15) is 8.42 Å². The van der Waals surface area contributed by atoms with Gasteiger partial charge in [-0.15, -0.1) is 15.3 Å². The van der Waals surface area contributed by atoms with Crippen LogP contribution in [-0.2, 0) is 17.1 Å². The number of nitrogens with zero attached hydrogens (tertiary/aromatic N) is 9. The fraction of sp³-hybridized carbons (Fsp3) is 0.316. The molecule has 4 aromatic heterocycles. The molecule has 0 aliphatic carbocycles. The Morgan fingerprint density at radius 3 is 2.65 bits per heavy atom. The zero-order valence-corrected chi connectivity index (χ0v) is 18.1. The first-order chi connectivity index (χ1) is 14.8. The Morgan fingerprint density at radius 2 is 1.97 bits per heavy atom. The highest BCUT2D eigenvalue weighted by Gasteiger charge is 2.38. The molecule has 0 unspecified atom stereocenters. The maximum absolute atomic E-state index is 12.9. The van der Waals surface area contributed by atoms with Gasteiger partial charge in [-0.25, -0.2) is 13.4 Å². The molecule has 0 amide bonds. The van der Waals surface area contributed by atoms with Gasteiger partial charge in [0.2, 0.25) is 0 Å². The average Bonchev–Trinajstić information content (AvgIpc) is 3.30. The first kappa shape index (κ1) is 19.6. The summed E-state index contributed by atoms with van der Waals surface area (Å²) in [5.74, 6) is 1.98. The van der Waals surface area contributed by atoms with Gasteiger partial charge in [0.25, 0.3) is 10.0 Å². The summed E-state index contributed by atoms with van der Waals surface area (Å²) in [6.07, 6.45) is 4.95. The minimum absolute atomic E-state index is 0.0681. The van der Waals surface area contributed by atoms with Crippen molar-refractivity contribution >= 4 is 21.5 Å². The number of rotatable bonds is 5. The molecule has 0 saturated carbocycles. The van der Waals surface area contributed by atoms with Crippen LogP contribution in [0.3, 0.4) is 0 Å². The van der Waals surface area contributed by atoms with E-state index in [0.29, 0.717) is 30.4 Å². The summed E-state index contributed by atoms with van der Waals surface area (Å²) in [7, 11) is -0.280. The molecule has 0 aromatic carbocycles. The molecule has 0 N–H and O–H groups in total. The number of anilines is 1. The van der Waals surface area contributed by atoms with Crippen LogP contribution in [0.15, 0.2) is 47.9 Å². The summed E-state index contributed by atoms with van der Waals surface area (Å²) >= 11 is 0. The zero-order chi connectivity index (χ0) is 21.8. The molecule has 5 rings (SSSR count). The number of aryl methyl sites for hydroxylation is 2. The zero-order valence-electron chi connectivity index (χ0n) is 17.3. The van der Waals surface area contributed by atoms with Crippen molar-refractivity contribution < 1.29 is 8.42 Å². The van der Waals surface area contributed by atoms with Crippen LogP contribution in [0.2, 0.25) is 0 Å². The van der Waals surface area contributed by atoms with Gasteiger partial charge >= 0.3 is 0 Å². The monoisotopic (exact) mass is 439 g/mol.